The highest BCUT2D eigenvalue weighted by molar-refractivity contribution is 6.01. The average Bonchev–Trinajstić information content (AvgIpc) is 2.78. The summed E-state index contributed by atoms with van der Waals surface area (Å²) in [6, 6.07) is 17.5. The summed E-state index contributed by atoms with van der Waals surface area (Å²) < 4.78 is 38.1. The fraction of sp³-hybridized carbons (Fsp3) is 0.174. The summed E-state index contributed by atoms with van der Waals surface area (Å²) in [5, 5.41) is 15.6. The van der Waals surface area contributed by atoms with E-state index in [1.54, 1.807) is 18.3 Å². The lowest BCUT2D eigenvalue weighted by molar-refractivity contribution is -0.137. The first kappa shape index (κ1) is 22.8. The van der Waals surface area contributed by atoms with Gasteiger partial charge in [-0.25, -0.2) is 4.98 Å². The number of alkyl halides is 3. The van der Waals surface area contributed by atoms with E-state index in [0.29, 0.717) is 23.5 Å². The molecule has 0 aliphatic carbocycles. The van der Waals surface area contributed by atoms with Crippen LogP contribution in [0.4, 0.5) is 19.0 Å². The molecule has 2 aromatic carbocycles. The Labute approximate surface area is 182 Å². The lowest BCUT2D eigenvalue weighted by atomic mass is 10.0. The molecule has 0 radical (unpaired) electrons. The zero-order valence-corrected chi connectivity index (χ0v) is 16.8. The second-order valence-electron chi connectivity index (χ2n) is 6.85. The molecule has 1 heterocycles. The largest absolute Gasteiger partial charge is 0.480 e. The number of oxime groups is 1. The van der Waals surface area contributed by atoms with Crippen molar-refractivity contribution < 1.29 is 27.9 Å². The molecule has 0 aliphatic heterocycles. The van der Waals surface area contributed by atoms with E-state index in [9.17, 15) is 18.0 Å². The van der Waals surface area contributed by atoms with Crippen LogP contribution in [0.15, 0.2) is 78.1 Å². The lowest BCUT2D eigenvalue weighted by Gasteiger charge is -2.09. The zero-order chi connectivity index (χ0) is 23.0. The standard InChI is InChI=1S/C23H20F3N3O3/c24-23(25,26)19-9-6-16(7-10-19)15-32-29-20(18-4-2-1-3-5-18)12-17-8-11-21(27-13-17)28-14-22(30)31/h1-11,13H,12,14-15H2,(H,27,28)(H,30,31). The van der Waals surface area contributed by atoms with Crippen molar-refractivity contribution in [2.45, 2.75) is 19.2 Å². The van der Waals surface area contributed by atoms with Crippen LogP contribution < -0.4 is 5.32 Å². The minimum absolute atomic E-state index is 0.0186. The van der Waals surface area contributed by atoms with Gasteiger partial charge >= 0.3 is 12.1 Å². The maximum absolute atomic E-state index is 12.7. The van der Waals surface area contributed by atoms with Crippen molar-refractivity contribution in [2.75, 3.05) is 11.9 Å². The number of nitrogens with one attached hydrogen (secondary N) is 1. The van der Waals surface area contributed by atoms with Crippen LogP contribution in [0.5, 0.6) is 0 Å². The second-order valence-corrected chi connectivity index (χ2v) is 6.85. The van der Waals surface area contributed by atoms with E-state index in [0.717, 1.165) is 23.3 Å². The number of rotatable bonds is 9. The zero-order valence-electron chi connectivity index (χ0n) is 16.8. The van der Waals surface area contributed by atoms with Crippen molar-refractivity contribution in [1.82, 2.24) is 4.98 Å². The Morgan fingerprint density at radius 3 is 2.28 bits per heavy atom. The van der Waals surface area contributed by atoms with Gasteiger partial charge in [-0.05, 0) is 34.9 Å². The smallest absolute Gasteiger partial charge is 0.416 e. The van der Waals surface area contributed by atoms with Crippen molar-refractivity contribution in [3.8, 4) is 0 Å². The van der Waals surface area contributed by atoms with Gasteiger partial charge in [-0.15, -0.1) is 0 Å². The summed E-state index contributed by atoms with van der Waals surface area (Å²) in [6.07, 6.45) is -2.38. The Balaban J connectivity index is 1.69. The Hall–Kier alpha value is -3.88. The monoisotopic (exact) mass is 443 g/mol. The highest BCUT2D eigenvalue weighted by Crippen LogP contribution is 2.29. The van der Waals surface area contributed by atoms with Crippen LogP contribution in [0.1, 0.15) is 22.3 Å². The SMILES string of the molecule is O=C(O)CNc1ccc(CC(=NOCc2ccc(C(F)(F)F)cc2)c2ccccc2)cn1. The van der Waals surface area contributed by atoms with Gasteiger partial charge in [-0.1, -0.05) is 53.7 Å². The van der Waals surface area contributed by atoms with Gasteiger partial charge in [-0.3, -0.25) is 4.79 Å². The molecule has 3 rings (SSSR count). The predicted molar refractivity (Wildman–Crippen MR) is 113 cm³/mol. The molecule has 3 aromatic rings. The number of carbonyl (C=O) groups is 1. The molecule has 0 unspecified atom stereocenters. The molecule has 0 fully saturated rings. The van der Waals surface area contributed by atoms with Crippen molar-refractivity contribution in [3.63, 3.8) is 0 Å². The van der Waals surface area contributed by atoms with E-state index in [-0.39, 0.29) is 13.2 Å². The maximum atomic E-state index is 12.7. The van der Waals surface area contributed by atoms with E-state index in [2.05, 4.69) is 15.5 Å². The Morgan fingerprint density at radius 1 is 1.00 bits per heavy atom. The number of aromatic nitrogens is 1. The summed E-state index contributed by atoms with van der Waals surface area (Å²) in [6.45, 7) is -0.217. The number of pyridine rings is 1. The van der Waals surface area contributed by atoms with Gasteiger partial charge in [0.25, 0.3) is 0 Å². The molecule has 0 saturated carbocycles. The molecule has 166 valence electrons. The average molecular weight is 443 g/mol. The molecule has 0 spiro atoms. The highest BCUT2D eigenvalue weighted by Gasteiger charge is 2.29. The first-order valence-corrected chi connectivity index (χ1v) is 9.62. The van der Waals surface area contributed by atoms with Crippen LogP contribution in [0.25, 0.3) is 0 Å². The first-order chi connectivity index (χ1) is 15.3. The van der Waals surface area contributed by atoms with E-state index >= 15 is 0 Å². The van der Waals surface area contributed by atoms with Crippen LogP contribution >= 0.6 is 0 Å². The van der Waals surface area contributed by atoms with Crippen molar-refractivity contribution in [2.24, 2.45) is 5.16 Å². The molecular weight excluding hydrogens is 423 g/mol. The topological polar surface area (TPSA) is 83.8 Å². The third kappa shape index (κ3) is 6.83. The van der Waals surface area contributed by atoms with Gasteiger partial charge < -0.3 is 15.3 Å². The summed E-state index contributed by atoms with van der Waals surface area (Å²) >= 11 is 0. The van der Waals surface area contributed by atoms with Crippen molar-refractivity contribution >= 4 is 17.5 Å². The summed E-state index contributed by atoms with van der Waals surface area (Å²) in [7, 11) is 0. The van der Waals surface area contributed by atoms with E-state index in [1.165, 1.54) is 12.1 Å². The number of hydrogen-bond donors (Lipinski definition) is 2. The third-order valence-electron chi connectivity index (χ3n) is 4.41. The number of anilines is 1. The number of nitrogens with zero attached hydrogens (tertiary/aromatic N) is 2. The number of halogens is 3. The number of carboxylic acids is 1. The van der Waals surface area contributed by atoms with Gasteiger partial charge in [0.1, 0.15) is 19.0 Å². The molecule has 0 atom stereocenters. The Morgan fingerprint density at radius 2 is 1.69 bits per heavy atom. The molecule has 0 aliphatic rings. The van der Waals surface area contributed by atoms with Crippen LogP contribution in [0.3, 0.4) is 0 Å². The van der Waals surface area contributed by atoms with Crippen molar-refractivity contribution in [1.29, 1.82) is 0 Å². The molecule has 1 aromatic heterocycles. The first-order valence-electron chi connectivity index (χ1n) is 9.62. The third-order valence-corrected chi connectivity index (χ3v) is 4.41. The van der Waals surface area contributed by atoms with Crippen LogP contribution in [-0.4, -0.2) is 28.3 Å². The molecule has 32 heavy (non-hydrogen) atoms. The van der Waals surface area contributed by atoms with E-state index in [4.69, 9.17) is 9.94 Å². The number of aliphatic carboxylic acids is 1. The minimum Gasteiger partial charge on any atom is -0.480 e. The lowest BCUT2D eigenvalue weighted by Crippen LogP contribution is -2.13. The number of hydrogen-bond acceptors (Lipinski definition) is 5. The second kappa shape index (κ2) is 10.4. The van der Waals surface area contributed by atoms with Gasteiger partial charge in [-0.2, -0.15) is 13.2 Å². The molecule has 0 bridgehead atoms. The summed E-state index contributed by atoms with van der Waals surface area (Å²) in [5.41, 5.74) is 2.11. The normalized spacial score (nSPS) is 11.8. The van der Waals surface area contributed by atoms with Crippen LogP contribution in [0, 0.1) is 0 Å². The molecule has 0 saturated heterocycles. The number of benzene rings is 2. The molecule has 0 amide bonds. The molecule has 2 N–H and O–H groups in total. The molecular formula is C23H20F3N3O3. The van der Waals surface area contributed by atoms with Crippen molar-refractivity contribution in [3.05, 3.63) is 95.2 Å². The Bertz CT molecular complexity index is 1050. The highest BCUT2D eigenvalue weighted by atomic mass is 19.4. The van der Waals surface area contributed by atoms with E-state index in [1.807, 2.05) is 30.3 Å². The van der Waals surface area contributed by atoms with E-state index < -0.39 is 17.7 Å². The summed E-state index contributed by atoms with van der Waals surface area (Å²) in [4.78, 5) is 20.3. The van der Waals surface area contributed by atoms with Crippen LogP contribution in [-0.2, 0) is 28.8 Å². The van der Waals surface area contributed by atoms with Gasteiger partial charge in [0.05, 0.1) is 11.3 Å². The van der Waals surface area contributed by atoms with Crippen LogP contribution in [0.2, 0.25) is 0 Å². The molecule has 9 heteroatoms. The van der Waals surface area contributed by atoms with Gasteiger partial charge in [0, 0.05) is 12.6 Å². The number of carboxylic acid groups (broad SMARTS) is 1. The maximum Gasteiger partial charge on any atom is 0.416 e. The van der Waals surface area contributed by atoms with Gasteiger partial charge in [0.15, 0.2) is 0 Å². The Kier molecular flexibility index (Phi) is 7.43. The summed E-state index contributed by atoms with van der Waals surface area (Å²) in [5.74, 6) is -0.549. The molecule has 6 nitrogen and oxygen atoms in total. The fourth-order valence-corrected chi connectivity index (χ4v) is 2.79. The predicted octanol–water partition coefficient (Wildman–Crippen LogP) is 4.76. The fourth-order valence-electron chi connectivity index (χ4n) is 2.79. The quantitative estimate of drug-likeness (QED) is 0.368. The van der Waals surface area contributed by atoms with Gasteiger partial charge in [0.2, 0.25) is 0 Å². The minimum atomic E-state index is -4.38.